The zero-order valence-corrected chi connectivity index (χ0v) is 23.6. The molecule has 0 saturated carbocycles. The van der Waals surface area contributed by atoms with E-state index in [4.69, 9.17) is 4.74 Å². The summed E-state index contributed by atoms with van der Waals surface area (Å²) in [5.41, 5.74) is 4.37. The van der Waals surface area contributed by atoms with Crippen LogP contribution in [0.3, 0.4) is 0 Å². The summed E-state index contributed by atoms with van der Waals surface area (Å²) >= 11 is 0. The van der Waals surface area contributed by atoms with Gasteiger partial charge >= 0.3 is 6.03 Å². The van der Waals surface area contributed by atoms with E-state index >= 15 is 0 Å². The molecular weight excluding hydrogens is 555 g/mol. The maximum absolute atomic E-state index is 13.5. The molecule has 5 aromatic rings. The lowest BCUT2D eigenvalue weighted by Gasteiger charge is -2.28. The lowest BCUT2D eigenvalue weighted by atomic mass is 9.94. The molecule has 2 atom stereocenters. The number of aromatic hydroxyl groups is 1. The van der Waals surface area contributed by atoms with Crippen LogP contribution in [-0.2, 0) is 6.61 Å². The first-order valence-electron chi connectivity index (χ1n) is 14.2. The number of ketones is 1. The van der Waals surface area contributed by atoms with Crippen LogP contribution in [0.25, 0.3) is 11.1 Å². The Morgan fingerprint density at radius 2 is 1.55 bits per heavy atom. The lowest BCUT2D eigenvalue weighted by molar-refractivity contribution is 0.104. The van der Waals surface area contributed by atoms with Crippen molar-refractivity contribution < 1.29 is 23.8 Å². The van der Waals surface area contributed by atoms with Crippen molar-refractivity contribution in [1.82, 2.24) is 5.32 Å². The summed E-state index contributed by atoms with van der Waals surface area (Å²) in [7, 11) is 0. The van der Waals surface area contributed by atoms with Gasteiger partial charge in [0.05, 0.1) is 12.1 Å². The number of amides is 2. The van der Waals surface area contributed by atoms with Crippen LogP contribution in [0.2, 0.25) is 0 Å². The standard InChI is InChI=1S/C37H29FN2O4/c38-29-17-14-26(15-18-29)34(42)21-20-33-36(40(37(43)39-33)30-11-5-2-6-12-30)32-19-16-28(27-10-7-13-31(41)22-27)23-35(32)44-24-25-8-3-1-4-9-25/h1-23,33,36,41H,24H2,(H,39,43)/b21-20+/t33-,36+/m0/s1. The molecule has 218 valence electrons. The van der Waals surface area contributed by atoms with Gasteiger partial charge in [-0.25, -0.2) is 9.18 Å². The molecular formula is C37H29FN2O4. The van der Waals surface area contributed by atoms with Gasteiger partial charge in [0.25, 0.3) is 0 Å². The summed E-state index contributed by atoms with van der Waals surface area (Å²) in [4.78, 5) is 28.1. The molecule has 1 aliphatic rings. The first kappa shape index (κ1) is 28.4. The van der Waals surface area contributed by atoms with E-state index in [-0.39, 0.29) is 17.6 Å². The van der Waals surface area contributed by atoms with Gasteiger partial charge in [-0.3, -0.25) is 9.69 Å². The summed E-state index contributed by atoms with van der Waals surface area (Å²) in [5, 5.41) is 13.1. The highest BCUT2D eigenvalue weighted by molar-refractivity contribution is 6.05. The topological polar surface area (TPSA) is 78.9 Å². The van der Waals surface area contributed by atoms with Crippen LogP contribution >= 0.6 is 0 Å². The maximum atomic E-state index is 13.5. The van der Waals surface area contributed by atoms with Crippen molar-refractivity contribution in [3.63, 3.8) is 0 Å². The average molecular weight is 585 g/mol. The number of carbonyl (C=O) groups is 2. The molecule has 1 heterocycles. The summed E-state index contributed by atoms with van der Waals surface area (Å²) in [5.74, 6) is -0.0316. The van der Waals surface area contributed by atoms with Crippen LogP contribution in [0, 0.1) is 5.82 Å². The second-order valence-corrected chi connectivity index (χ2v) is 10.4. The number of benzene rings is 5. The molecule has 2 N–H and O–H groups in total. The number of rotatable bonds is 9. The molecule has 0 radical (unpaired) electrons. The number of urea groups is 1. The number of phenols is 1. The third kappa shape index (κ3) is 6.22. The van der Waals surface area contributed by atoms with Gasteiger partial charge < -0.3 is 15.2 Å². The predicted octanol–water partition coefficient (Wildman–Crippen LogP) is 7.86. The van der Waals surface area contributed by atoms with Crippen molar-refractivity contribution in [2.24, 2.45) is 0 Å². The van der Waals surface area contributed by atoms with E-state index in [1.807, 2.05) is 84.9 Å². The van der Waals surface area contributed by atoms with Crippen molar-refractivity contribution in [3.05, 3.63) is 162 Å². The van der Waals surface area contributed by atoms with E-state index in [0.717, 1.165) is 22.3 Å². The molecule has 2 amide bonds. The first-order chi connectivity index (χ1) is 21.5. The van der Waals surface area contributed by atoms with Crippen LogP contribution in [0.5, 0.6) is 11.5 Å². The van der Waals surface area contributed by atoms with Crippen molar-refractivity contribution in [2.75, 3.05) is 4.90 Å². The molecule has 5 aromatic carbocycles. The largest absolute Gasteiger partial charge is 0.508 e. The Labute approximate surface area is 254 Å². The quantitative estimate of drug-likeness (QED) is 0.137. The van der Waals surface area contributed by atoms with Crippen LogP contribution in [0.15, 0.2) is 140 Å². The molecule has 1 aliphatic heterocycles. The molecule has 44 heavy (non-hydrogen) atoms. The predicted molar refractivity (Wildman–Crippen MR) is 168 cm³/mol. The molecule has 0 spiro atoms. The molecule has 6 rings (SSSR count). The van der Waals surface area contributed by atoms with Gasteiger partial charge in [-0.2, -0.15) is 0 Å². The fourth-order valence-corrected chi connectivity index (χ4v) is 5.34. The summed E-state index contributed by atoms with van der Waals surface area (Å²) in [6, 6.07) is 35.6. The number of allylic oxidation sites excluding steroid dienone is 1. The van der Waals surface area contributed by atoms with Crippen molar-refractivity contribution in [2.45, 2.75) is 18.7 Å². The summed E-state index contributed by atoms with van der Waals surface area (Å²) in [6.45, 7) is 0.292. The Morgan fingerprint density at radius 1 is 0.841 bits per heavy atom. The van der Waals surface area contributed by atoms with E-state index in [9.17, 15) is 19.1 Å². The number of carbonyl (C=O) groups excluding carboxylic acids is 2. The van der Waals surface area contributed by atoms with E-state index < -0.39 is 17.9 Å². The highest BCUT2D eigenvalue weighted by atomic mass is 19.1. The number of ether oxygens (including phenoxy) is 1. The minimum atomic E-state index is -0.599. The number of anilines is 1. The third-order valence-corrected chi connectivity index (χ3v) is 7.49. The van der Waals surface area contributed by atoms with Gasteiger partial charge in [-0.05, 0) is 77.4 Å². The van der Waals surface area contributed by atoms with Gasteiger partial charge in [-0.15, -0.1) is 0 Å². The summed E-state index contributed by atoms with van der Waals surface area (Å²) < 4.78 is 19.9. The van der Waals surface area contributed by atoms with Crippen molar-refractivity contribution in [3.8, 4) is 22.6 Å². The van der Waals surface area contributed by atoms with Gasteiger partial charge in [0, 0.05) is 16.8 Å². The molecule has 0 aliphatic carbocycles. The molecule has 6 nitrogen and oxygen atoms in total. The highest BCUT2D eigenvalue weighted by Crippen LogP contribution is 2.41. The van der Waals surface area contributed by atoms with Crippen LogP contribution in [0.1, 0.15) is 27.5 Å². The zero-order chi connectivity index (χ0) is 30.5. The maximum Gasteiger partial charge on any atom is 0.323 e. The van der Waals surface area contributed by atoms with E-state index in [2.05, 4.69) is 5.32 Å². The molecule has 7 heteroatoms. The Balaban J connectivity index is 1.43. The fraction of sp³-hybridized carbons (Fsp3) is 0.0811. The van der Waals surface area contributed by atoms with Gasteiger partial charge in [-0.1, -0.05) is 78.9 Å². The monoisotopic (exact) mass is 584 g/mol. The van der Waals surface area contributed by atoms with Gasteiger partial charge in [0.15, 0.2) is 5.78 Å². The van der Waals surface area contributed by atoms with Crippen LogP contribution in [-0.4, -0.2) is 23.0 Å². The third-order valence-electron chi connectivity index (χ3n) is 7.49. The number of halogens is 1. The molecule has 0 unspecified atom stereocenters. The number of hydrogen-bond acceptors (Lipinski definition) is 4. The Morgan fingerprint density at radius 3 is 2.27 bits per heavy atom. The normalized spacial score (nSPS) is 16.2. The van der Waals surface area contributed by atoms with Crippen molar-refractivity contribution in [1.29, 1.82) is 0 Å². The first-order valence-corrected chi connectivity index (χ1v) is 14.2. The molecule has 1 saturated heterocycles. The highest BCUT2D eigenvalue weighted by Gasteiger charge is 2.41. The van der Waals surface area contributed by atoms with Gasteiger partial charge in [0.2, 0.25) is 0 Å². The lowest BCUT2D eigenvalue weighted by Crippen LogP contribution is -2.29. The Kier molecular flexibility index (Phi) is 8.19. The van der Waals surface area contributed by atoms with Crippen molar-refractivity contribution >= 4 is 17.5 Å². The summed E-state index contributed by atoms with van der Waals surface area (Å²) in [6.07, 6.45) is 3.08. The number of nitrogens with one attached hydrogen (secondary N) is 1. The smallest absolute Gasteiger partial charge is 0.323 e. The van der Waals surface area contributed by atoms with E-state index in [0.29, 0.717) is 23.6 Å². The minimum absolute atomic E-state index is 0.148. The minimum Gasteiger partial charge on any atom is -0.508 e. The second kappa shape index (κ2) is 12.7. The fourth-order valence-electron chi connectivity index (χ4n) is 5.34. The van der Waals surface area contributed by atoms with Crippen LogP contribution < -0.4 is 15.0 Å². The second-order valence-electron chi connectivity index (χ2n) is 10.4. The van der Waals surface area contributed by atoms with Crippen LogP contribution in [0.4, 0.5) is 14.9 Å². The average Bonchev–Trinajstić information content (AvgIpc) is 3.39. The molecule has 1 fully saturated rings. The van der Waals surface area contributed by atoms with E-state index in [1.54, 1.807) is 29.2 Å². The molecule has 0 bridgehead atoms. The Hall–Kier alpha value is -5.69. The Bertz CT molecular complexity index is 1810. The molecule has 0 aromatic heterocycles. The number of hydrogen-bond donors (Lipinski definition) is 2. The van der Waals surface area contributed by atoms with E-state index in [1.165, 1.54) is 30.3 Å². The number of phenolic OH excluding ortho intramolecular Hbond substituents is 1. The zero-order valence-electron chi connectivity index (χ0n) is 23.6. The SMILES string of the molecule is O=C(/C=C/[C@@H]1NC(=O)N(c2ccccc2)[C@@H]1c1ccc(-c2cccc(O)c2)cc1OCc1ccccc1)c1ccc(F)cc1. The number of nitrogens with zero attached hydrogens (tertiary/aromatic N) is 1. The van der Waals surface area contributed by atoms with Gasteiger partial charge in [0.1, 0.15) is 23.9 Å². The number of para-hydroxylation sites is 1.